The number of sulfone groups is 1. The van der Waals surface area contributed by atoms with Crippen LogP contribution in [0.1, 0.15) is 36.5 Å². The SMILES string of the molecule is CC1CC[NH+](CCCNC(=O)c2ccc(NC3=NC4CS(=O)(=O)CC4S3)cc2)CC1. The summed E-state index contributed by atoms with van der Waals surface area (Å²) in [5, 5.41) is 7.04. The maximum absolute atomic E-state index is 12.4. The zero-order chi connectivity index (χ0) is 21.1. The van der Waals surface area contributed by atoms with Crippen molar-refractivity contribution >= 4 is 38.4 Å². The molecule has 3 aliphatic heterocycles. The number of aliphatic imine (C=N–C) groups is 1. The van der Waals surface area contributed by atoms with E-state index in [1.807, 2.05) is 12.1 Å². The van der Waals surface area contributed by atoms with Crippen molar-refractivity contribution in [2.45, 2.75) is 37.5 Å². The number of fused-ring (bicyclic) bond motifs is 1. The molecule has 1 aromatic carbocycles. The normalized spacial score (nSPS) is 29.8. The van der Waals surface area contributed by atoms with Crippen LogP contribution in [0.2, 0.25) is 0 Å². The molecule has 3 heterocycles. The summed E-state index contributed by atoms with van der Waals surface area (Å²) < 4.78 is 23.3. The van der Waals surface area contributed by atoms with Crippen molar-refractivity contribution in [3.63, 3.8) is 0 Å². The summed E-state index contributed by atoms with van der Waals surface area (Å²) in [7, 11) is -2.94. The number of hydrogen-bond acceptors (Lipinski definition) is 6. The zero-order valence-corrected chi connectivity index (χ0v) is 19.0. The molecule has 0 aromatic heterocycles. The highest BCUT2D eigenvalue weighted by molar-refractivity contribution is 8.15. The Balaban J connectivity index is 1.19. The number of nitrogens with zero attached hydrogens (tertiary/aromatic N) is 1. The topological polar surface area (TPSA) is 92.1 Å². The van der Waals surface area contributed by atoms with Gasteiger partial charge in [-0.15, -0.1) is 0 Å². The van der Waals surface area contributed by atoms with Gasteiger partial charge >= 0.3 is 0 Å². The molecule has 30 heavy (non-hydrogen) atoms. The lowest BCUT2D eigenvalue weighted by molar-refractivity contribution is -0.906. The lowest BCUT2D eigenvalue weighted by atomic mass is 9.99. The number of quaternary nitrogens is 1. The number of nitrogens with one attached hydrogen (secondary N) is 3. The number of carbonyl (C=O) groups excluding carboxylic acids is 1. The minimum atomic E-state index is -2.94. The molecular formula is C21H31N4O3S2+. The summed E-state index contributed by atoms with van der Waals surface area (Å²) in [6.45, 7) is 6.67. The first kappa shape index (κ1) is 21.6. The van der Waals surface area contributed by atoms with Gasteiger partial charge in [0.2, 0.25) is 0 Å². The van der Waals surface area contributed by atoms with Crippen molar-refractivity contribution in [2.75, 3.05) is 43.0 Å². The second-order valence-corrected chi connectivity index (χ2v) is 12.1. The fraction of sp³-hybridized carbons (Fsp3) is 0.619. The van der Waals surface area contributed by atoms with Crippen LogP contribution in [0, 0.1) is 5.92 Å². The second-order valence-electron chi connectivity index (χ2n) is 8.73. The first-order chi connectivity index (χ1) is 14.4. The first-order valence-electron chi connectivity index (χ1n) is 10.8. The molecular weight excluding hydrogens is 420 g/mol. The van der Waals surface area contributed by atoms with Crippen LogP contribution in [0.3, 0.4) is 0 Å². The lowest BCUT2D eigenvalue weighted by Crippen LogP contribution is -3.13. The number of hydrogen-bond donors (Lipinski definition) is 3. The van der Waals surface area contributed by atoms with E-state index >= 15 is 0 Å². The van der Waals surface area contributed by atoms with Crippen LogP contribution in [-0.4, -0.2) is 68.5 Å². The average Bonchev–Trinajstić information content (AvgIpc) is 3.19. The third kappa shape index (κ3) is 5.56. The minimum absolute atomic E-state index is 0.0257. The van der Waals surface area contributed by atoms with Crippen molar-refractivity contribution in [3.8, 4) is 0 Å². The van der Waals surface area contributed by atoms with Crippen molar-refractivity contribution in [2.24, 2.45) is 10.9 Å². The molecule has 4 rings (SSSR count). The van der Waals surface area contributed by atoms with E-state index in [0.29, 0.717) is 12.1 Å². The molecule has 1 aromatic rings. The number of carbonyl (C=O) groups is 1. The van der Waals surface area contributed by atoms with E-state index in [-0.39, 0.29) is 28.7 Å². The molecule has 3 N–H and O–H groups in total. The number of rotatable bonds is 6. The average molecular weight is 452 g/mol. The van der Waals surface area contributed by atoms with Gasteiger partial charge in [0, 0.05) is 29.5 Å². The monoisotopic (exact) mass is 451 g/mol. The quantitative estimate of drug-likeness (QED) is 0.557. The lowest BCUT2D eigenvalue weighted by Gasteiger charge is -2.27. The maximum Gasteiger partial charge on any atom is 0.251 e. The number of amidine groups is 1. The largest absolute Gasteiger partial charge is 0.352 e. The first-order valence-corrected chi connectivity index (χ1v) is 13.5. The molecule has 2 atom stereocenters. The number of likely N-dealkylation sites (tertiary alicyclic amines) is 1. The molecule has 164 valence electrons. The Morgan fingerprint density at radius 2 is 1.93 bits per heavy atom. The summed E-state index contributed by atoms with van der Waals surface area (Å²) in [5.41, 5.74) is 1.49. The minimum Gasteiger partial charge on any atom is -0.352 e. The summed E-state index contributed by atoms with van der Waals surface area (Å²) in [5.74, 6) is 1.17. The molecule has 3 aliphatic rings. The van der Waals surface area contributed by atoms with Gasteiger partial charge in [0.15, 0.2) is 15.0 Å². The summed E-state index contributed by atoms with van der Waals surface area (Å²) in [6, 6.07) is 7.20. The van der Waals surface area contributed by atoms with E-state index in [4.69, 9.17) is 0 Å². The Bertz CT molecular complexity index is 893. The Labute approximate surface area is 183 Å². The van der Waals surface area contributed by atoms with Crippen LogP contribution in [-0.2, 0) is 9.84 Å². The molecule has 7 nitrogen and oxygen atoms in total. The van der Waals surface area contributed by atoms with Gasteiger partial charge in [-0.25, -0.2) is 8.42 Å². The third-order valence-corrected chi connectivity index (χ3v) is 9.33. The molecule has 0 saturated carbocycles. The summed E-state index contributed by atoms with van der Waals surface area (Å²) in [4.78, 5) is 18.5. The second kappa shape index (κ2) is 9.28. The van der Waals surface area contributed by atoms with E-state index < -0.39 is 9.84 Å². The van der Waals surface area contributed by atoms with Crippen LogP contribution in [0.5, 0.6) is 0 Å². The fourth-order valence-corrected chi connectivity index (χ4v) is 7.98. The van der Waals surface area contributed by atoms with Crippen molar-refractivity contribution < 1.29 is 18.1 Å². The predicted octanol–water partition coefficient (Wildman–Crippen LogP) is 0.802. The molecule has 0 radical (unpaired) electrons. The van der Waals surface area contributed by atoms with E-state index in [9.17, 15) is 13.2 Å². The van der Waals surface area contributed by atoms with Gasteiger partial charge in [0.05, 0.1) is 37.2 Å². The van der Waals surface area contributed by atoms with Gasteiger partial charge in [-0.1, -0.05) is 18.7 Å². The molecule has 2 fully saturated rings. The highest BCUT2D eigenvalue weighted by atomic mass is 32.2. The molecule has 9 heteroatoms. The Hall–Kier alpha value is -1.58. The van der Waals surface area contributed by atoms with Gasteiger partial charge in [-0.3, -0.25) is 9.79 Å². The van der Waals surface area contributed by atoms with E-state index in [1.54, 1.807) is 17.0 Å². The van der Waals surface area contributed by atoms with Crippen LogP contribution < -0.4 is 15.5 Å². The van der Waals surface area contributed by atoms with Crippen LogP contribution >= 0.6 is 11.8 Å². The smallest absolute Gasteiger partial charge is 0.251 e. The van der Waals surface area contributed by atoms with Crippen molar-refractivity contribution in [1.82, 2.24) is 5.32 Å². The van der Waals surface area contributed by atoms with Crippen molar-refractivity contribution in [3.05, 3.63) is 29.8 Å². The van der Waals surface area contributed by atoms with E-state index in [0.717, 1.165) is 29.7 Å². The number of thioether (sulfide) groups is 1. The number of benzene rings is 1. The number of piperidine rings is 1. The zero-order valence-electron chi connectivity index (χ0n) is 17.4. The highest BCUT2D eigenvalue weighted by Crippen LogP contribution is 2.34. The molecule has 0 aliphatic carbocycles. The van der Waals surface area contributed by atoms with Crippen LogP contribution in [0.25, 0.3) is 0 Å². The summed E-state index contributed by atoms with van der Waals surface area (Å²) in [6.07, 6.45) is 3.63. The Kier molecular flexibility index (Phi) is 6.69. The molecule has 0 bridgehead atoms. The standard InChI is InChI=1S/C21H30N4O3S2/c1-15-7-11-25(12-8-15)10-2-9-22-20(26)16-3-5-17(6-4-16)23-21-24-18-13-30(27,28)14-19(18)29-21/h3-6,15,18-19H,2,7-14H2,1H3,(H,22,26)(H,23,24)/p+1. The number of anilines is 1. The van der Waals surface area contributed by atoms with E-state index in [1.165, 1.54) is 37.7 Å². The highest BCUT2D eigenvalue weighted by Gasteiger charge is 2.42. The number of amides is 1. The van der Waals surface area contributed by atoms with Crippen LogP contribution in [0.4, 0.5) is 5.69 Å². The molecule has 2 saturated heterocycles. The third-order valence-electron chi connectivity index (χ3n) is 6.19. The predicted molar refractivity (Wildman–Crippen MR) is 122 cm³/mol. The van der Waals surface area contributed by atoms with Crippen molar-refractivity contribution in [1.29, 1.82) is 0 Å². The van der Waals surface area contributed by atoms with Gasteiger partial charge in [0.1, 0.15) is 0 Å². The molecule has 0 spiro atoms. The van der Waals surface area contributed by atoms with Crippen LogP contribution in [0.15, 0.2) is 29.3 Å². The molecule has 1 amide bonds. The molecule has 2 unspecified atom stereocenters. The van der Waals surface area contributed by atoms with Gasteiger partial charge in [-0.05, 0) is 43.0 Å². The van der Waals surface area contributed by atoms with E-state index in [2.05, 4.69) is 22.5 Å². The van der Waals surface area contributed by atoms with Gasteiger partial charge < -0.3 is 15.5 Å². The Morgan fingerprint density at radius 3 is 2.63 bits per heavy atom. The Morgan fingerprint density at radius 1 is 1.20 bits per heavy atom. The van der Waals surface area contributed by atoms with Gasteiger partial charge in [-0.2, -0.15) is 0 Å². The van der Waals surface area contributed by atoms with Gasteiger partial charge in [0.25, 0.3) is 5.91 Å². The maximum atomic E-state index is 12.4. The summed E-state index contributed by atoms with van der Waals surface area (Å²) >= 11 is 1.49. The fourth-order valence-electron chi connectivity index (χ4n) is 4.31.